The van der Waals surface area contributed by atoms with E-state index in [1.165, 1.54) is 12.8 Å². The average molecular weight is 489 g/mol. The van der Waals surface area contributed by atoms with Crippen molar-refractivity contribution >= 4 is 11.6 Å². The Bertz CT molecular complexity index is 1240. The highest BCUT2D eigenvalue weighted by Gasteiger charge is 2.16. The second-order valence-corrected chi connectivity index (χ2v) is 9.65. The Balaban J connectivity index is 1.29. The van der Waals surface area contributed by atoms with Gasteiger partial charge in [0, 0.05) is 44.0 Å². The summed E-state index contributed by atoms with van der Waals surface area (Å²) in [7, 11) is 0. The van der Waals surface area contributed by atoms with Crippen LogP contribution in [-0.4, -0.2) is 67.1 Å². The molecule has 1 aliphatic rings. The van der Waals surface area contributed by atoms with Crippen LogP contribution in [-0.2, 0) is 17.7 Å². The average Bonchev–Trinajstić information content (AvgIpc) is 3.58. The Morgan fingerprint density at radius 2 is 1.86 bits per heavy atom. The van der Waals surface area contributed by atoms with Gasteiger partial charge in [-0.05, 0) is 43.0 Å². The number of nitrogens with one attached hydrogen (secondary N) is 1. The zero-order chi connectivity index (χ0) is 24.7. The number of ether oxygens (including phenoxy) is 1. The van der Waals surface area contributed by atoms with E-state index in [0.717, 1.165) is 79.9 Å². The van der Waals surface area contributed by atoms with E-state index >= 15 is 0 Å². The minimum atomic E-state index is 0.340. The van der Waals surface area contributed by atoms with Gasteiger partial charge in [0.05, 0.1) is 25.1 Å². The van der Waals surface area contributed by atoms with Crippen molar-refractivity contribution < 1.29 is 4.74 Å². The van der Waals surface area contributed by atoms with Crippen LogP contribution in [0.2, 0.25) is 0 Å². The van der Waals surface area contributed by atoms with E-state index in [0.29, 0.717) is 12.5 Å². The molecule has 5 rings (SSSR count). The van der Waals surface area contributed by atoms with Crippen LogP contribution in [0.3, 0.4) is 0 Å². The van der Waals surface area contributed by atoms with E-state index in [1.54, 1.807) is 6.20 Å². The first kappa shape index (κ1) is 24.4. The van der Waals surface area contributed by atoms with Crippen LogP contribution in [0.5, 0.6) is 0 Å². The third-order valence-corrected chi connectivity index (χ3v) is 6.72. The molecule has 0 aliphatic carbocycles. The number of hydrogen-bond acceptors (Lipinski definition) is 7. The number of aromatic nitrogens is 6. The molecule has 36 heavy (non-hydrogen) atoms. The number of morpholine rings is 1. The first-order valence-electron chi connectivity index (χ1n) is 13.1. The van der Waals surface area contributed by atoms with Gasteiger partial charge in [0.25, 0.3) is 0 Å². The van der Waals surface area contributed by atoms with Crippen molar-refractivity contribution in [3.63, 3.8) is 0 Å². The minimum absolute atomic E-state index is 0.340. The summed E-state index contributed by atoms with van der Waals surface area (Å²) < 4.78 is 9.18. The molecule has 1 fully saturated rings. The number of benzene rings is 1. The number of para-hydroxylation sites is 1. The van der Waals surface area contributed by atoms with Gasteiger partial charge < -0.3 is 10.1 Å². The highest BCUT2D eigenvalue weighted by molar-refractivity contribution is 5.53. The Hall–Kier alpha value is -3.30. The van der Waals surface area contributed by atoms with E-state index in [2.05, 4.69) is 46.4 Å². The summed E-state index contributed by atoms with van der Waals surface area (Å²) in [6.45, 7) is 9.94. The monoisotopic (exact) mass is 488 g/mol. The molecule has 0 bridgehead atoms. The van der Waals surface area contributed by atoms with Gasteiger partial charge in [-0.25, -0.2) is 9.67 Å². The molecule has 3 aromatic heterocycles. The molecule has 1 aliphatic heterocycles. The highest BCUT2D eigenvalue weighted by atomic mass is 16.5. The van der Waals surface area contributed by atoms with E-state index in [4.69, 9.17) is 14.7 Å². The van der Waals surface area contributed by atoms with Crippen LogP contribution in [0.1, 0.15) is 56.0 Å². The first-order valence-corrected chi connectivity index (χ1v) is 13.1. The maximum absolute atomic E-state index is 5.45. The molecule has 0 radical (unpaired) electrons. The van der Waals surface area contributed by atoms with Crippen molar-refractivity contribution in [2.75, 3.05) is 38.2 Å². The van der Waals surface area contributed by atoms with Gasteiger partial charge in [0.1, 0.15) is 5.82 Å². The van der Waals surface area contributed by atoms with Crippen molar-refractivity contribution in [2.24, 2.45) is 0 Å². The summed E-state index contributed by atoms with van der Waals surface area (Å²) in [6.07, 6.45) is 9.98. The zero-order valence-corrected chi connectivity index (χ0v) is 21.3. The molecule has 1 saturated heterocycles. The van der Waals surface area contributed by atoms with Gasteiger partial charge in [-0.15, -0.1) is 0 Å². The Labute approximate surface area is 212 Å². The Morgan fingerprint density at radius 1 is 1.00 bits per heavy atom. The lowest BCUT2D eigenvalue weighted by Gasteiger charge is -2.26. The number of unbranched alkanes of at least 4 members (excludes halogenated alkanes) is 2. The van der Waals surface area contributed by atoms with E-state index in [-0.39, 0.29) is 0 Å². The third kappa shape index (κ3) is 5.74. The summed E-state index contributed by atoms with van der Waals surface area (Å²) in [6, 6.07) is 10.2. The zero-order valence-electron chi connectivity index (χ0n) is 21.3. The molecule has 9 nitrogen and oxygen atoms in total. The smallest absolute Gasteiger partial charge is 0.227 e. The normalized spacial score (nSPS) is 14.6. The van der Waals surface area contributed by atoms with Crippen LogP contribution >= 0.6 is 0 Å². The number of aryl methyl sites for hydroxylation is 1. The maximum atomic E-state index is 5.45. The van der Waals surface area contributed by atoms with E-state index in [1.807, 2.05) is 39.8 Å². The molecule has 0 amide bonds. The van der Waals surface area contributed by atoms with Crippen LogP contribution in [0.4, 0.5) is 5.95 Å². The fourth-order valence-electron chi connectivity index (χ4n) is 4.66. The number of hydrogen-bond donors (Lipinski definition) is 1. The number of fused-ring (bicyclic) bond motifs is 1. The summed E-state index contributed by atoms with van der Waals surface area (Å²) in [5.74, 6) is 1.94. The molecule has 0 unspecified atom stereocenters. The first-order chi connectivity index (χ1) is 17.7. The predicted octanol–water partition coefficient (Wildman–Crippen LogP) is 4.09. The highest BCUT2D eigenvalue weighted by Crippen LogP contribution is 2.22. The molecule has 4 heterocycles. The molecule has 0 spiro atoms. The summed E-state index contributed by atoms with van der Waals surface area (Å²) >= 11 is 0. The summed E-state index contributed by atoms with van der Waals surface area (Å²) in [5, 5.41) is 12.6. The maximum Gasteiger partial charge on any atom is 0.227 e. The quantitative estimate of drug-likeness (QED) is 0.318. The standard InChI is InChI=1S/C27H36N8O/c1-21(2)23-20-30-35-26(23)31-25(11-4-3-7-13-33-15-17-36-18-16-33)32-27(35)28-19-22-9-5-6-10-24(22)34-14-8-12-29-34/h5-6,8-10,12,14,20-21H,3-4,7,11,13,15-19H2,1-2H3,(H,28,31,32). The number of anilines is 1. The van der Waals surface area contributed by atoms with Gasteiger partial charge >= 0.3 is 0 Å². The van der Waals surface area contributed by atoms with Crippen LogP contribution < -0.4 is 5.32 Å². The van der Waals surface area contributed by atoms with Crippen molar-refractivity contribution in [1.29, 1.82) is 0 Å². The second-order valence-electron chi connectivity index (χ2n) is 9.65. The summed E-state index contributed by atoms with van der Waals surface area (Å²) in [4.78, 5) is 12.3. The molecule has 4 aromatic rings. The fourth-order valence-corrected chi connectivity index (χ4v) is 4.66. The van der Waals surface area contributed by atoms with Gasteiger partial charge in [0.15, 0.2) is 5.65 Å². The lowest BCUT2D eigenvalue weighted by molar-refractivity contribution is 0.0371. The van der Waals surface area contributed by atoms with Gasteiger partial charge in [-0.3, -0.25) is 4.90 Å². The Kier molecular flexibility index (Phi) is 7.88. The molecule has 190 valence electrons. The molecule has 0 atom stereocenters. The van der Waals surface area contributed by atoms with Gasteiger partial charge in [0.2, 0.25) is 5.95 Å². The van der Waals surface area contributed by atoms with Gasteiger partial charge in [-0.1, -0.05) is 38.5 Å². The van der Waals surface area contributed by atoms with Crippen molar-refractivity contribution in [3.8, 4) is 5.69 Å². The van der Waals surface area contributed by atoms with Crippen LogP contribution in [0.25, 0.3) is 11.3 Å². The third-order valence-electron chi connectivity index (χ3n) is 6.72. The molecular formula is C27H36N8O. The SMILES string of the molecule is CC(C)c1cnn2c(NCc3ccccc3-n3cccn3)nc(CCCCCN3CCOCC3)nc12. The molecule has 9 heteroatoms. The molecule has 0 saturated carbocycles. The minimum Gasteiger partial charge on any atom is -0.379 e. The fraction of sp³-hybridized carbons (Fsp3) is 0.481. The van der Waals surface area contributed by atoms with Crippen LogP contribution in [0.15, 0.2) is 48.9 Å². The summed E-state index contributed by atoms with van der Waals surface area (Å²) in [5.41, 5.74) is 4.22. The van der Waals surface area contributed by atoms with E-state index in [9.17, 15) is 0 Å². The number of rotatable bonds is 11. The van der Waals surface area contributed by atoms with Crippen molar-refractivity contribution in [1.82, 2.24) is 34.3 Å². The second kappa shape index (κ2) is 11.6. The predicted molar refractivity (Wildman–Crippen MR) is 141 cm³/mol. The topological polar surface area (TPSA) is 85.4 Å². The lowest BCUT2D eigenvalue weighted by atomic mass is 10.1. The molecule has 1 aromatic carbocycles. The van der Waals surface area contributed by atoms with Crippen molar-refractivity contribution in [2.45, 2.75) is 52.0 Å². The Morgan fingerprint density at radius 3 is 2.67 bits per heavy atom. The molecular weight excluding hydrogens is 452 g/mol. The lowest BCUT2D eigenvalue weighted by Crippen LogP contribution is -2.36. The van der Waals surface area contributed by atoms with E-state index < -0.39 is 0 Å². The van der Waals surface area contributed by atoms with Crippen LogP contribution in [0, 0.1) is 0 Å². The van der Waals surface area contributed by atoms with Gasteiger partial charge in [-0.2, -0.15) is 19.7 Å². The molecule has 1 N–H and O–H groups in total. The van der Waals surface area contributed by atoms with Crippen molar-refractivity contribution in [3.05, 3.63) is 65.9 Å². The number of nitrogens with zero attached hydrogens (tertiary/aromatic N) is 7. The largest absolute Gasteiger partial charge is 0.379 e.